The molecule has 2 aliphatic carbocycles. The summed E-state index contributed by atoms with van der Waals surface area (Å²) in [6.45, 7) is -0.0752. The Morgan fingerprint density at radius 2 is 0.986 bits per heavy atom. The van der Waals surface area contributed by atoms with Gasteiger partial charge < -0.3 is 14.2 Å². The van der Waals surface area contributed by atoms with Crippen molar-refractivity contribution in [3.05, 3.63) is 150 Å². The first kappa shape index (κ1) is 51.6. The van der Waals surface area contributed by atoms with E-state index in [1.807, 2.05) is 24.3 Å². The number of benzene rings is 5. The second-order valence-corrected chi connectivity index (χ2v) is 21.4. The average molecular weight is 1090 g/mol. The van der Waals surface area contributed by atoms with Gasteiger partial charge in [-0.05, 0) is 141 Å². The maximum Gasteiger partial charge on any atom is 0.320 e. The van der Waals surface area contributed by atoms with Crippen LogP contribution < -0.4 is 14.2 Å². The third-order valence-corrected chi connectivity index (χ3v) is 14.1. The van der Waals surface area contributed by atoms with Crippen molar-refractivity contribution in [2.24, 2.45) is 0 Å². The van der Waals surface area contributed by atoms with E-state index in [1.165, 1.54) is 12.5 Å². The Hall–Kier alpha value is -4.79. The highest BCUT2D eigenvalue weighted by atomic mass is 35.5. The molecule has 0 amide bonds. The summed E-state index contributed by atoms with van der Waals surface area (Å²) in [6, 6.07) is 28.1. The smallest absolute Gasteiger partial charge is 0.320 e. The fourth-order valence-electron chi connectivity index (χ4n) is 8.21. The Labute approximate surface area is 435 Å². The Morgan fingerprint density at radius 1 is 0.529 bits per heavy atom. The number of halogens is 8. The summed E-state index contributed by atoms with van der Waals surface area (Å²) in [5.41, 5.74) is 5.12. The van der Waals surface area contributed by atoms with E-state index < -0.39 is 21.5 Å². The summed E-state index contributed by atoms with van der Waals surface area (Å²) in [4.78, 5) is 18.1. The lowest BCUT2D eigenvalue weighted by Crippen LogP contribution is -2.21. The van der Waals surface area contributed by atoms with Crippen LogP contribution in [-0.4, -0.2) is 46.8 Å². The summed E-state index contributed by atoms with van der Waals surface area (Å²) < 4.78 is 70.7. The van der Waals surface area contributed by atoms with Crippen molar-refractivity contribution in [2.75, 3.05) is 6.26 Å². The van der Waals surface area contributed by atoms with E-state index in [4.69, 9.17) is 88.8 Å². The first-order chi connectivity index (χ1) is 33.6. The molecule has 0 unspecified atom stereocenters. The summed E-state index contributed by atoms with van der Waals surface area (Å²) in [6.07, 6.45) is 11.2. The van der Waals surface area contributed by atoms with Crippen LogP contribution in [0, 0.1) is 11.6 Å². The number of nitrogens with zero attached hydrogens (tertiary/aromatic N) is 4. The molecule has 0 radical (unpaired) electrons. The molecule has 0 N–H and O–H groups in total. The number of aromatic nitrogens is 4. The molecule has 7 aromatic rings. The van der Waals surface area contributed by atoms with E-state index in [-0.39, 0.29) is 35.9 Å². The van der Waals surface area contributed by atoms with Crippen LogP contribution in [-0.2, 0) is 16.4 Å². The second-order valence-electron chi connectivity index (χ2n) is 16.9. The predicted octanol–water partition coefficient (Wildman–Crippen LogP) is 16.2. The molecule has 0 bridgehead atoms. The highest BCUT2D eigenvalue weighted by Crippen LogP contribution is 2.44. The molecular weight excluding hydrogens is 1040 g/mol. The second kappa shape index (κ2) is 23.2. The third-order valence-electron chi connectivity index (χ3n) is 11.7. The number of rotatable bonds is 12. The normalized spacial score (nSPS) is 14.4. The number of sulfone groups is 1. The van der Waals surface area contributed by atoms with Crippen LogP contribution in [0.1, 0.15) is 69.8 Å². The van der Waals surface area contributed by atoms with Crippen molar-refractivity contribution >= 4 is 79.4 Å². The molecule has 9 nitrogen and oxygen atoms in total. The summed E-state index contributed by atoms with van der Waals surface area (Å²) in [5.74, 6) is -1.33. The van der Waals surface area contributed by atoms with Crippen LogP contribution in [0.25, 0.3) is 44.8 Å². The molecule has 9 rings (SSSR count). The summed E-state index contributed by atoms with van der Waals surface area (Å²) in [7, 11) is -3.72. The molecule has 2 aliphatic rings. The van der Waals surface area contributed by atoms with Crippen molar-refractivity contribution in [3.8, 4) is 62.5 Å². The molecule has 0 spiro atoms. The van der Waals surface area contributed by atoms with Gasteiger partial charge in [0.2, 0.25) is 21.6 Å². The van der Waals surface area contributed by atoms with Gasteiger partial charge in [-0.25, -0.2) is 22.2 Å². The van der Waals surface area contributed by atoms with Gasteiger partial charge in [-0.1, -0.05) is 113 Å². The van der Waals surface area contributed by atoms with Crippen LogP contribution in [0.3, 0.4) is 0 Å². The first-order valence-electron chi connectivity index (χ1n) is 22.5. The maximum absolute atomic E-state index is 13.7. The molecule has 2 fully saturated rings. The molecular formula is C52H44Cl6F2N4O5S. The molecule has 2 heterocycles. The van der Waals surface area contributed by atoms with Crippen molar-refractivity contribution in [2.45, 2.75) is 88.2 Å². The molecule has 2 aromatic heterocycles. The summed E-state index contributed by atoms with van der Waals surface area (Å²) >= 11 is 37.7. The van der Waals surface area contributed by atoms with Gasteiger partial charge in [0.1, 0.15) is 18.8 Å². The van der Waals surface area contributed by atoms with Crippen molar-refractivity contribution in [1.82, 2.24) is 19.9 Å². The van der Waals surface area contributed by atoms with E-state index in [1.54, 1.807) is 60.7 Å². The summed E-state index contributed by atoms with van der Waals surface area (Å²) in [5, 5.41) is 2.51. The molecule has 2 saturated carbocycles. The van der Waals surface area contributed by atoms with Gasteiger partial charge in [0.15, 0.2) is 11.6 Å². The Bertz CT molecular complexity index is 3110. The van der Waals surface area contributed by atoms with Gasteiger partial charge in [0.25, 0.3) is 5.16 Å². The molecule has 70 heavy (non-hydrogen) atoms. The molecule has 18 heteroatoms. The van der Waals surface area contributed by atoms with E-state index in [2.05, 4.69) is 15.0 Å². The molecule has 0 saturated heterocycles. The van der Waals surface area contributed by atoms with Crippen LogP contribution in [0.5, 0.6) is 17.8 Å². The van der Waals surface area contributed by atoms with Crippen LogP contribution in [0.2, 0.25) is 30.1 Å². The number of hydrogen-bond donors (Lipinski definition) is 0. The quantitative estimate of drug-likeness (QED) is 0.110. The Morgan fingerprint density at radius 3 is 1.44 bits per heavy atom. The zero-order valence-corrected chi connectivity index (χ0v) is 42.9. The molecule has 5 aromatic carbocycles. The van der Waals surface area contributed by atoms with Crippen molar-refractivity contribution in [1.29, 1.82) is 0 Å². The minimum atomic E-state index is -3.72. The van der Waals surface area contributed by atoms with E-state index >= 15 is 0 Å². The number of hydrogen-bond acceptors (Lipinski definition) is 9. The predicted molar refractivity (Wildman–Crippen MR) is 275 cm³/mol. The Kier molecular flexibility index (Phi) is 17.1. The van der Waals surface area contributed by atoms with E-state index in [9.17, 15) is 17.2 Å². The Balaban J connectivity index is 0.000000191. The first-order valence-corrected chi connectivity index (χ1v) is 26.6. The van der Waals surface area contributed by atoms with Gasteiger partial charge in [-0.2, -0.15) is 15.0 Å². The van der Waals surface area contributed by atoms with Crippen molar-refractivity contribution < 1.29 is 31.4 Å². The van der Waals surface area contributed by atoms with Gasteiger partial charge in [0, 0.05) is 37.5 Å². The van der Waals surface area contributed by atoms with Crippen molar-refractivity contribution in [3.63, 3.8) is 0 Å². The van der Waals surface area contributed by atoms with E-state index in [0.717, 1.165) is 87.3 Å². The fraction of sp³-hybridized carbons (Fsp3) is 0.269. The van der Waals surface area contributed by atoms with Crippen LogP contribution in [0.15, 0.2) is 108 Å². The minimum absolute atomic E-state index is 0.0132. The topological polar surface area (TPSA) is 113 Å². The van der Waals surface area contributed by atoms with Gasteiger partial charge in [-0.15, -0.1) is 0 Å². The third kappa shape index (κ3) is 13.0. The van der Waals surface area contributed by atoms with Gasteiger partial charge in [0.05, 0.1) is 32.6 Å². The lowest BCUT2D eigenvalue weighted by Gasteiger charge is -2.25. The van der Waals surface area contributed by atoms with Crippen LogP contribution in [0.4, 0.5) is 8.78 Å². The maximum atomic E-state index is 13.7. The lowest BCUT2D eigenvalue weighted by atomic mass is 9.97. The highest BCUT2D eigenvalue weighted by molar-refractivity contribution is 7.90. The molecule has 364 valence electrons. The van der Waals surface area contributed by atoms with E-state index in [0.29, 0.717) is 75.2 Å². The zero-order valence-electron chi connectivity index (χ0n) is 37.5. The van der Waals surface area contributed by atoms with Gasteiger partial charge in [-0.3, -0.25) is 0 Å². The number of ether oxygens (including phenoxy) is 3. The zero-order chi connectivity index (χ0) is 49.5. The average Bonchev–Trinajstić information content (AvgIpc) is 3.33. The SMILES string of the molecule is CS(=O)(=O)c1nc(OC2CCCCC2)c(-c2ccc(Cl)cc2)c(-c2ccc(Cl)cc2Cl)n1.Fc1ccc(COc2nc(OC3CCCCC3)c(-c3ccc(Cl)cc3)c(-c3ccc(Cl)cc3Cl)n2)cc1F. The standard InChI is InChI=1S/C29H23Cl3F2N2O2.C23H21Cl3N2O3S/c30-19-9-7-18(8-10-19)26-27(22-12-11-20(31)15-23(22)32)35-29(36-28(26)38-21-4-2-1-3-5-21)37-16-17-6-13-24(33)25(34)14-17;1-32(29,30)23-27-21(18-12-11-16(25)13-19(18)26)20(14-7-9-15(24)10-8-14)22(28-23)31-17-5-3-2-4-6-17/h6-15,21H,1-5,16H2;7-13,17H,2-6H2,1H3. The van der Waals surface area contributed by atoms with Gasteiger partial charge >= 0.3 is 6.01 Å². The highest BCUT2D eigenvalue weighted by Gasteiger charge is 2.28. The molecule has 0 atom stereocenters. The minimum Gasteiger partial charge on any atom is -0.474 e. The largest absolute Gasteiger partial charge is 0.474 e. The fourth-order valence-corrected chi connectivity index (χ4v) is 9.96. The molecule has 0 aliphatic heterocycles. The van der Waals surface area contributed by atoms with Crippen LogP contribution >= 0.6 is 69.6 Å². The lowest BCUT2D eigenvalue weighted by molar-refractivity contribution is 0.147. The monoisotopic (exact) mass is 1080 g/mol.